The lowest BCUT2D eigenvalue weighted by atomic mass is 10.0. The van der Waals surface area contributed by atoms with E-state index in [2.05, 4.69) is 5.32 Å². The summed E-state index contributed by atoms with van der Waals surface area (Å²) in [5.41, 5.74) is 6.77. The first-order valence-electron chi connectivity index (χ1n) is 6.03. The summed E-state index contributed by atoms with van der Waals surface area (Å²) in [7, 11) is 0. The number of nitrogens with one attached hydrogen (secondary N) is 1. The van der Waals surface area contributed by atoms with Crippen LogP contribution in [0.4, 0.5) is 0 Å². The SMILES string of the molecule is CC(O)CC(C)NC(CN)c1ccc(Cl)c(Cl)c1. The summed E-state index contributed by atoms with van der Waals surface area (Å²) in [6.07, 6.45) is 0.345. The first kappa shape index (κ1) is 15.7. The van der Waals surface area contributed by atoms with Gasteiger partial charge in [0.2, 0.25) is 0 Å². The molecule has 0 fully saturated rings. The molecule has 0 aliphatic carbocycles. The molecule has 4 N–H and O–H groups in total. The predicted octanol–water partition coefficient (Wildman–Crippen LogP) is 2.74. The third-order valence-corrected chi connectivity index (χ3v) is 3.50. The zero-order valence-electron chi connectivity index (χ0n) is 10.7. The van der Waals surface area contributed by atoms with Gasteiger partial charge in [-0.25, -0.2) is 0 Å². The maximum atomic E-state index is 9.35. The summed E-state index contributed by atoms with van der Waals surface area (Å²) >= 11 is 11.9. The quantitative estimate of drug-likeness (QED) is 0.755. The molecule has 1 rings (SSSR count). The van der Waals surface area contributed by atoms with Crippen molar-refractivity contribution in [3.8, 4) is 0 Å². The van der Waals surface area contributed by atoms with E-state index in [0.29, 0.717) is 23.0 Å². The van der Waals surface area contributed by atoms with Crippen LogP contribution in [0.2, 0.25) is 10.0 Å². The smallest absolute Gasteiger partial charge is 0.0595 e. The van der Waals surface area contributed by atoms with Gasteiger partial charge in [-0.3, -0.25) is 0 Å². The van der Waals surface area contributed by atoms with Crippen molar-refractivity contribution >= 4 is 23.2 Å². The predicted molar refractivity (Wildman–Crippen MR) is 77.2 cm³/mol. The van der Waals surface area contributed by atoms with Crippen LogP contribution in [0, 0.1) is 0 Å². The van der Waals surface area contributed by atoms with Crippen LogP contribution >= 0.6 is 23.2 Å². The monoisotopic (exact) mass is 290 g/mol. The van der Waals surface area contributed by atoms with Crippen molar-refractivity contribution in [1.82, 2.24) is 5.32 Å². The summed E-state index contributed by atoms with van der Waals surface area (Å²) in [6, 6.07) is 5.68. The van der Waals surface area contributed by atoms with E-state index < -0.39 is 0 Å². The maximum absolute atomic E-state index is 9.35. The lowest BCUT2D eigenvalue weighted by Crippen LogP contribution is -2.36. The Morgan fingerprint density at radius 3 is 2.44 bits per heavy atom. The van der Waals surface area contributed by atoms with E-state index in [1.807, 2.05) is 19.1 Å². The molecule has 0 radical (unpaired) electrons. The molecule has 0 amide bonds. The van der Waals surface area contributed by atoms with E-state index in [9.17, 15) is 5.11 Å². The molecular weight excluding hydrogens is 271 g/mol. The number of hydrogen-bond donors (Lipinski definition) is 3. The number of halogens is 2. The minimum atomic E-state index is -0.334. The molecule has 1 aromatic rings. The molecule has 0 aliphatic heterocycles. The summed E-state index contributed by atoms with van der Waals surface area (Å²) in [5, 5.41) is 13.8. The summed E-state index contributed by atoms with van der Waals surface area (Å²) in [5.74, 6) is 0. The Balaban J connectivity index is 2.73. The van der Waals surface area contributed by atoms with Crippen molar-refractivity contribution in [2.45, 2.75) is 38.5 Å². The molecule has 0 aromatic heterocycles. The first-order valence-corrected chi connectivity index (χ1v) is 6.78. The van der Waals surface area contributed by atoms with Gasteiger partial charge in [0, 0.05) is 18.6 Å². The number of aliphatic hydroxyl groups excluding tert-OH is 1. The second-order valence-electron chi connectivity index (χ2n) is 4.61. The first-order chi connectivity index (χ1) is 8.43. The minimum absolute atomic E-state index is 0.00789. The Hall–Kier alpha value is -0.320. The average molecular weight is 291 g/mol. The van der Waals surface area contributed by atoms with Crippen LogP contribution in [0.1, 0.15) is 31.9 Å². The summed E-state index contributed by atoms with van der Waals surface area (Å²) < 4.78 is 0. The van der Waals surface area contributed by atoms with Gasteiger partial charge in [0.15, 0.2) is 0 Å². The Morgan fingerprint density at radius 2 is 1.94 bits per heavy atom. The molecule has 0 saturated heterocycles. The fourth-order valence-electron chi connectivity index (χ4n) is 1.95. The van der Waals surface area contributed by atoms with Crippen molar-refractivity contribution in [3.05, 3.63) is 33.8 Å². The van der Waals surface area contributed by atoms with E-state index in [-0.39, 0.29) is 18.2 Å². The van der Waals surface area contributed by atoms with Crippen LogP contribution in [0.3, 0.4) is 0 Å². The van der Waals surface area contributed by atoms with E-state index >= 15 is 0 Å². The molecule has 0 heterocycles. The Kier molecular flexibility index (Phi) is 6.39. The third kappa shape index (κ3) is 4.75. The van der Waals surface area contributed by atoms with Gasteiger partial charge in [-0.1, -0.05) is 29.3 Å². The molecule has 102 valence electrons. The molecule has 3 nitrogen and oxygen atoms in total. The van der Waals surface area contributed by atoms with E-state index in [1.54, 1.807) is 13.0 Å². The Bertz CT molecular complexity index is 385. The number of aliphatic hydroxyl groups is 1. The number of benzene rings is 1. The maximum Gasteiger partial charge on any atom is 0.0595 e. The van der Waals surface area contributed by atoms with Gasteiger partial charge >= 0.3 is 0 Å². The van der Waals surface area contributed by atoms with Crippen LogP contribution in [-0.2, 0) is 0 Å². The van der Waals surface area contributed by atoms with Gasteiger partial charge in [0.1, 0.15) is 0 Å². The Labute approximate surface area is 118 Å². The van der Waals surface area contributed by atoms with Crippen LogP contribution < -0.4 is 11.1 Å². The zero-order chi connectivity index (χ0) is 13.7. The van der Waals surface area contributed by atoms with E-state index in [1.165, 1.54) is 0 Å². The topological polar surface area (TPSA) is 58.3 Å². The molecule has 3 unspecified atom stereocenters. The normalized spacial score (nSPS) is 16.3. The van der Waals surface area contributed by atoms with Crippen LogP contribution in [-0.4, -0.2) is 23.8 Å². The number of nitrogens with two attached hydrogens (primary N) is 1. The zero-order valence-corrected chi connectivity index (χ0v) is 12.2. The largest absolute Gasteiger partial charge is 0.393 e. The second-order valence-corrected chi connectivity index (χ2v) is 5.43. The molecule has 0 saturated carbocycles. The molecule has 0 spiro atoms. The van der Waals surface area contributed by atoms with Crippen LogP contribution in [0.5, 0.6) is 0 Å². The van der Waals surface area contributed by atoms with Crippen LogP contribution in [0.25, 0.3) is 0 Å². The highest BCUT2D eigenvalue weighted by molar-refractivity contribution is 6.42. The molecular formula is C13H20Cl2N2O. The van der Waals surface area contributed by atoms with Crippen molar-refractivity contribution in [2.75, 3.05) is 6.54 Å². The Morgan fingerprint density at radius 1 is 1.28 bits per heavy atom. The second kappa shape index (κ2) is 7.31. The van der Waals surface area contributed by atoms with Gasteiger partial charge in [-0.15, -0.1) is 0 Å². The highest BCUT2D eigenvalue weighted by Gasteiger charge is 2.15. The lowest BCUT2D eigenvalue weighted by Gasteiger charge is -2.23. The van der Waals surface area contributed by atoms with Crippen LogP contribution in [0.15, 0.2) is 18.2 Å². The van der Waals surface area contributed by atoms with Gasteiger partial charge < -0.3 is 16.2 Å². The minimum Gasteiger partial charge on any atom is -0.393 e. The lowest BCUT2D eigenvalue weighted by molar-refractivity contribution is 0.168. The highest BCUT2D eigenvalue weighted by atomic mass is 35.5. The highest BCUT2D eigenvalue weighted by Crippen LogP contribution is 2.25. The third-order valence-electron chi connectivity index (χ3n) is 2.76. The van der Waals surface area contributed by atoms with Gasteiger partial charge in [-0.2, -0.15) is 0 Å². The van der Waals surface area contributed by atoms with Crippen molar-refractivity contribution in [2.24, 2.45) is 5.73 Å². The van der Waals surface area contributed by atoms with Crippen molar-refractivity contribution in [3.63, 3.8) is 0 Å². The van der Waals surface area contributed by atoms with Crippen molar-refractivity contribution < 1.29 is 5.11 Å². The molecule has 1 aromatic carbocycles. The molecule has 3 atom stereocenters. The molecule has 0 aliphatic rings. The van der Waals surface area contributed by atoms with Gasteiger partial charge in [-0.05, 0) is 38.0 Å². The van der Waals surface area contributed by atoms with E-state index in [4.69, 9.17) is 28.9 Å². The van der Waals surface area contributed by atoms with Crippen molar-refractivity contribution in [1.29, 1.82) is 0 Å². The molecule has 18 heavy (non-hydrogen) atoms. The molecule has 0 bridgehead atoms. The van der Waals surface area contributed by atoms with Gasteiger partial charge in [0.05, 0.1) is 16.1 Å². The summed E-state index contributed by atoms with van der Waals surface area (Å²) in [6.45, 7) is 4.25. The molecule has 5 heteroatoms. The average Bonchev–Trinajstić information content (AvgIpc) is 2.29. The summed E-state index contributed by atoms with van der Waals surface area (Å²) in [4.78, 5) is 0. The van der Waals surface area contributed by atoms with E-state index in [0.717, 1.165) is 5.56 Å². The number of rotatable bonds is 6. The fourth-order valence-corrected chi connectivity index (χ4v) is 2.26. The fraction of sp³-hybridized carbons (Fsp3) is 0.538. The standard InChI is InChI=1S/C13H20Cl2N2O/c1-8(5-9(2)18)17-13(7-16)10-3-4-11(14)12(15)6-10/h3-4,6,8-9,13,17-18H,5,7,16H2,1-2H3. The number of hydrogen-bond acceptors (Lipinski definition) is 3. The van der Waals surface area contributed by atoms with Gasteiger partial charge in [0.25, 0.3) is 0 Å².